The van der Waals surface area contributed by atoms with Gasteiger partial charge < -0.3 is 20.0 Å². The van der Waals surface area contributed by atoms with E-state index in [4.69, 9.17) is 23.2 Å². The minimum absolute atomic E-state index is 0.0411. The van der Waals surface area contributed by atoms with Crippen LogP contribution in [0.2, 0.25) is 10.0 Å². The number of aliphatic hydroxyl groups excluding tert-OH is 1. The molecule has 8 heteroatoms. The predicted octanol–water partition coefficient (Wildman–Crippen LogP) is 2.24. The van der Waals surface area contributed by atoms with Crippen molar-refractivity contribution in [1.29, 1.82) is 0 Å². The molecule has 2 fully saturated rings. The first-order valence-corrected chi connectivity index (χ1v) is 9.45. The van der Waals surface area contributed by atoms with Gasteiger partial charge in [-0.25, -0.2) is 0 Å². The molecule has 0 radical (unpaired) electrons. The predicted molar refractivity (Wildman–Crippen MR) is 98.4 cm³/mol. The van der Waals surface area contributed by atoms with Gasteiger partial charge in [0.2, 0.25) is 11.8 Å². The summed E-state index contributed by atoms with van der Waals surface area (Å²) in [6, 6.07) is 2.94. The molecule has 0 aromatic heterocycles. The fourth-order valence-electron chi connectivity index (χ4n) is 3.89. The molecule has 0 spiro atoms. The van der Waals surface area contributed by atoms with E-state index in [0.717, 1.165) is 0 Å². The van der Waals surface area contributed by atoms with Crippen molar-refractivity contribution in [2.24, 2.45) is 5.92 Å². The van der Waals surface area contributed by atoms with Crippen LogP contribution in [-0.4, -0.2) is 64.1 Å². The molecule has 0 aliphatic carbocycles. The first-order chi connectivity index (χ1) is 12.3. The van der Waals surface area contributed by atoms with Crippen LogP contribution in [0.1, 0.15) is 31.2 Å². The van der Waals surface area contributed by atoms with Gasteiger partial charge in [-0.3, -0.25) is 9.59 Å². The molecule has 2 amide bonds. The highest BCUT2D eigenvalue weighted by Gasteiger charge is 2.40. The molecule has 6 nitrogen and oxygen atoms in total. The Morgan fingerprint density at radius 3 is 2.81 bits per heavy atom. The van der Waals surface area contributed by atoms with E-state index >= 15 is 0 Å². The summed E-state index contributed by atoms with van der Waals surface area (Å²) in [5.41, 5.74) is 0.610. The number of carbonyl (C=O) groups is 2. The number of nitrogens with zero attached hydrogens (tertiary/aromatic N) is 2. The van der Waals surface area contributed by atoms with E-state index in [-0.39, 0.29) is 42.7 Å². The third kappa shape index (κ3) is 3.50. The number of piperidine rings is 1. The van der Waals surface area contributed by atoms with Crippen LogP contribution in [0, 0.1) is 5.92 Å². The van der Waals surface area contributed by atoms with Gasteiger partial charge in [-0.1, -0.05) is 30.1 Å². The minimum atomic E-state index is -0.528. The molecular formula is C18H22Cl2N2O4. The molecule has 142 valence electrons. The Morgan fingerprint density at radius 1 is 1.38 bits per heavy atom. The third-order valence-corrected chi connectivity index (χ3v) is 6.14. The largest absolute Gasteiger partial charge is 0.508 e. The van der Waals surface area contributed by atoms with E-state index in [2.05, 4.69) is 0 Å². The average molecular weight is 401 g/mol. The van der Waals surface area contributed by atoms with Gasteiger partial charge in [-0.05, 0) is 30.9 Å². The number of halogens is 2. The summed E-state index contributed by atoms with van der Waals surface area (Å²) in [6.07, 6.45) is 1.27. The van der Waals surface area contributed by atoms with Crippen molar-refractivity contribution in [3.63, 3.8) is 0 Å². The second-order valence-corrected chi connectivity index (χ2v) is 7.84. The Labute approximate surface area is 162 Å². The fourth-order valence-corrected chi connectivity index (χ4v) is 4.37. The van der Waals surface area contributed by atoms with Crippen molar-refractivity contribution in [1.82, 2.24) is 9.80 Å². The Hall–Kier alpha value is -1.50. The van der Waals surface area contributed by atoms with Gasteiger partial charge in [0, 0.05) is 24.7 Å². The van der Waals surface area contributed by atoms with Crippen LogP contribution in [0.3, 0.4) is 0 Å². The maximum atomic E-state index is 12.5. The maximum absolute atomic E-state index is 12.5. The van der Waals surface area contributed by atoms with Gasteiger partial charge in [-0.2, -0.15) is 0 Å². The highest BCUT2D eigenvalue weighted by Crippen LogP contribution is 2.43. The van der Waals surface area contributed by atoms with Gasteiger partial charge in [0.25, 0.3) is 0 Å². The number of hydrogen-bond acceptors (Lipinski definition) is 4. The van der Waals surface area contributed by atoms with E-state index in [1.165, 1.54) is 11.0 Å². The summed E-state index contributed by atoms with van der Waals surface area (Å²) in [6.45, 7) is 2.42. The topological polar surface area (TPSA) is 81.1 Å². The van der Waals surface area contributed by atoms with Crippen molar-refractivity contribution in [2.75, 3.05) is 26.2 Å². The van der Waals surface area contributed by atoms with Gasteiger partial charge >= 0.3 is 0 Å². The second kappa shape index (κ2) is 7.62. The SMILES string of the molecule is C[C@H](CO)C(=O)N1CC(=O)N2CC[C@H](c3c(O)ccc(Cl)c3Cl)C[C@@H]2C1. The van der Waals surface area contributed by atoms with Crippen LogP contribution in [0.4, 0.5) is 0 Å². The van der Waals surface area contributed by atoms with E-state index in [1.807, 2.05) is 0 Å². The quantitative estimate of drug-likeness (QED) is 0.814. The number of fused-ring (bicyclic) bond motifs is 1. The molecule has 0 saturated carbocycles. The lowest BCUT2D eigenvalue weighted by atomic mass is 9.83. The van der Waals surface area contributed by atoms with Crippen LogP contribution in [0.5, 0.6) is 5.75 Å². The molecule has 26 heavy (non-hydrogen) atoms. The fraction of sp³-hybridized carbons (Fsp3) is 0.556. The number of carbonyl (C=O) groups excluding carboxylic acids is 2. The Morgan fingerprint density at radius 2 is 2.12 bits per heavy atom. The summed E-state index contributed by atoms with van der Waals surface area (Å²) in [4.78, 5) is 28.2. The summed E-state index contributed by atoms with van der Waals surface area (Å²) >= 11 is 12.4. The molecule has 3 atom stereocenters. The highest BCUT2D eigenvalue weighted by atomic mass is 35.5. The summed E-state index contributed by atoms with van der Waals surface area (Å²) in [5, 5.41) is 20.2. The number of aromatic hydroxyl groups is 1. The zero-order valence-corrected chi connectivity index (χ0v) is 16.0. The molecule has 2 saturated heterocycles. The number of amides is 2. The van der Waals surface area contributed by atoms with Crippen LogP contribution >= 0.6 is 23.2 Å². The zero-order valence-electron chi connectivity index (χ0n) is 14.5. The first-order valence-electron chi connectivity index (χ1n) is 8.69. The molecule has 1 aromatic rings. The number of hydrogen-bond donors (Lipinski definition) is 2. The van der Waals surface area contributed by atoms with E-state index in [0.29, 0.717) is 41.5 Å². The minimum Gasteiger partial charge on any atom is -0.508 e. The molecular weight excluding hydrogens is 379 g/mol. The standard InChI is InChI=1S/C18H22Cl2N2O4/c1-10(9-23)18(26)21-7-12-6-11(4-5-22(12)15(25)8-21)16-14(24)3-2-13(19)17(16)20/h2-3,10-12,23-24H,4-9H2,1H3/t10-,11+,12-/m1/s1. The number of phenols is 1. The van der Waals surface area contributed by atoms with E-state index in [9.17, 15) is 19.8 Å². The lowest BCUT2D eigenvalue weighted by Crippen LogP contribution is -2.60. The second-order valence-electron chi connectivity index (χ2n) is 7.06. The Balaban J connectivity index is 1.81. The maximum Gasteiger partial charge on any atom is 0.242 e. The molecule has 0 unspecified atom stereocenters. The first kappa shape index (κ1) is 19.3. The summed E-state index contributed by atoms with van der Waals surface area (Å²) in [5.74, 6) is -0.770. The number of phenolic OH excluding ortho intramolecular Hbond substituents is 1. The van der Waals surface area contributed by atoms with Crippen molar-refractivity contribution < 1.29 is 19.8 Å². The van der Waals surface area contributed by atoms with Crippen LogP contribution in [-0.2, 0) is 9.59 Å². The molecule has 2 heterocycles. The lowest BCUT2D eigenvalue weighted by Gasteiger charge is -2.46. The van der Waals surface area contributed by atoms with E-state index < -0.39 is 5.92 Å². The van der Waals surface area contributed by atoms with Crippen LogP contribution in [0.15, 0.2) is 12.1 Å². The number of aliphatic hydroxyl groups is 1. The average Bonchev–Trinajstić information content (AvgIpc) is 2.63. The van der Waals surface area contributed by atoms with Crippen molar-refractivity contribution in [3.8, 4) is 5.75 Å². The molecule has 0 bridgehead atoms. The van der Waals surface area contributed by atoms with E-state index in [1.54, 1.807) is 17.9 Å². The normalized spacial score (nSPS) is 24.4. The molecule has 2 N–H and O–H groups in total. The van der Waals surface area contributed by atoms with Crippen molar-refractivity contribution in [3.05, 3.63) is 27.7 Å². The number of rotatable bonds is 3. The van der Waals surface area contributed by atoms with Gasteiger partial charge in [0.15, 0.2) is 0 Å². The van der Waals surface area contributed by atoms with Gasteiger partial charge in [0.1, 0.15) is 5.75 Å². The Bertz CT molecular complexity index is 727. The van der Waals surface area contributed by atoms with Gasteiger partial charge in [-0.15, -0.1) is 0 Å². The van der Waals surface area contributed by atoms with Crippen LogP contribution < -0.4 is 0 Å². The molecule has 1 aromatic carbocycles. The number of piperazine rings is 1. The highest BCUT2D eigenvalue weighted by molar-refractivity contribution is 6.42. The molecule has 2 aliphatic heterocycles. The smallest absolute Gasteiger partial charge is 0.242 e. The van der Waals surface area contributed by atoms with Crippen LogP contribution in [0.25, 0.3) is 0 Å². The summed E-state index contributed by atoms with van der Waals surface area (Å²) < 4.78 is 0. The monoisotopic (exact) mass is 400 g/mol. The van der Waals surface area contributed by atoms with Crippen molar-refractivity contribution in [2.45, 2.75) is 31.7 Å². The molecule has 2 aliphatic rings. The third-order valence-electron chi connectivity index (χ3n) is 5.32. The summed E-state index contributed by atoms with van der Waals surface area (Å²) in [7, 11) is 0. The number of benzene rings is 1. The van der Waals surface area contributed by atoms with Gasteiger partial charge in [0.05, 0.1) is 29.1 Å². The lowest BCUT2D eigenvalue weighted by molar-refractivity contribution is -0.152. The molecule has 3 rings (SSSR count). The Kier molecular flexibility index (Phi) is 5.65. The zero-order chi connectivity index (χ0) is 19.0. The van der Waals surface area contributed by atoms with Crippen molar-refractivity contribution >= 4 is 35.0 Å².